The molecule has 1 atom stereocenters. The molecule has 2 saturated carbocycles. The highest BCUT2D eigenvalue weighted by Crippen LogP contribution is 2.34. The van der Waals surface area contributed by atoms with Gasteiger partial charge in [-0.05, 0) is 44.6 Å². The summed E-state index contributed by atoms with van der Waals surface area (Å²) in [5, 5.41) is 0. The Hall–Kier alpha value is -0.0800. The highest BCUT2D eigenvalue weighted by atomic mass is 15.1. The van der Waals surface area contributed by atoms with E-state index in [1.807, 2.05) is 0 Å². The fourth-order valence-electron chi connectivity index (χ4n) is 2.40. The predicted octanol–water partition coefficient (Wildman–Crippen LogP) is 1.46. The number of hydrogen-bond donors (Lipinski definition) is 1. The molecule has 2 aliphatic carbocycles. The number of rotatable bonds is 5. The van der Waals surface area contributed by atoms with E-state index in [1.165, 1.54) is 38.6 Å². The molecule has 0 amide bonds. The van der Waals surface area contributed by atoms with Crippen LogP contribution in [0.15, 0.2) is 0 Å². The molecular formula is C11H22N2. The van der Waals surface area contributed by atoms with Crippen molar-refractivity contribution < 1.29 is 0 Å². The minimum absolute atomic E-state index is 0.675. The summed E-state index contributed by atoms with van der Waals surface area (Å²) >= 11 is 0. The second-order valence-corrected chi connectivity index (χ2v) is 4.88. The maximum atomic E-state index is 5.84. The van der Waals surface area contributed by atoms with Crippen LogP contribution in [0.5, 0.6) is 0 Å². The Kier molecular flexibility index (Phi) is 2.89. The molecule has 76 valence electrons. The molecule has 0 heterocycles. The number of nitrogens with two attached hydrogens (primary N) is 1. The fraction of sp³-hybridized carbons (Fsp3) is 1.00. The van der Waals surface area contributed by atoms with E-state index in [2.05, 4.69) is 11.9 Å². The molecule has 0 aromatic heterocycles. The Morgan fingerprint density at radius 3 is 2.38 bits per heavy atom. The van der Waals surface area contributed by atoms with Crippen molar-refractivity contribution in [3.63, 3.8) is 0 Å². The van der Waals surface area contributed by atoms with Gasteiger partial charge in [0.2, 0.25) is 0 Å². The SMILES string of the molecule is CN(CC1CC1)C(CN)C1CCC1. The second-order valence-electron chi connectivity index (χ2n) is 4.88. The van der Waals surface area contributed by atoms with Crippen LogP contribution in [0.4, 0.5) is 0 Å². The average Bonchev–Trinajstić information content (AvgIpc) is 2.79. The minimum atomic E-state index is 0.675. The van der Waals surface area contributed by atoms with Crippen LogP contribution in [0.2, 0.25) is 0 Å². The van der Waals surface area contributed by atoms with E-state index in [0.29, 0.717) is 6.04 Å². The van der Waals surface area contributed by atoms with Gasteiger partial charge in [-0.25, -0.2) is 0 Å². The van der Waals surface area contributed by atoms with Gasteiger partial charge < -0.3 is 10.6 Å². The van der Waals surface area contributed by atoms with E-state index in [1.54, 1.807) is 0 Å². The third-order valence-corrected chi connectivity index (χ3v) is 3.74. The maximum absolute atomic E-state index is 5.84. The van der Waals surface area contributed by atoms with Crippen LogP contribution < -0.4 is 5.73 Å². The topological polar surface area (TPSA) is 29.3 Å². The summed E-state index contributed by atoms with van der Waals surface area (Å²) in [5.41, 5.74) is 5.84. The van der Waals surface area contributed by atoms with Crippen LogP contribution in [0, 0.1) is 11.8 Å². The first-order chi connectivity index (χ1) is 6.31. The molecule has 0 aromatic carbocycles. The summed E-state index contributed by atoms with van der Waals surface area (Å²) in [4.78, 5) is 2.52. The van der Waals surface area contributed by atoms with Gasteiger partial charge in [0.1, 0.15) is 0 Å². The maximum Gasteiger partial charge on any atom is 0.0243 e. The van der Waals surface area contributed by atoms with E-state index < -0.39 is 0 Å². The van der Waals surface area contributed by atoms with Crippen LogP contribution in [-0.4, -0.2) is 31.1 Å². The lowest BCUT2D eigenvalue weighted by Crippen LogP contribution is -2.46. The van der Waals surface area contributed by atoms with Crippen LogP contribution in [0.25, 0.3) is 0 Å². The minimum Gasteiger partial charge on any atom is -0.329 e. The van der Waals surface area contributed by atoms with Crippen LogP contribution in [-0.2, 0) is 0 Å². The zero-order valence-electron chi connectivity index (χ0n) is 8.71. The lowest BCUT2D eigenvalue weighted by atomic mass is 9.79. The van der Waals surface area contributed by atoms with Crippen molar-refractivity contribution in [3.8, 4) is 0 Å². The molecule has 0 bridgehead atoms. The van der Waals surface area contributed by atoms with Crippen LogP contribution >= 0.6 is 0 Å². The molecule has 0 aliphatic heterocycles. The molecular weight excluding hydrogens is 160 g/mol. The van der Waals surface area contributed by atoms with Gasteiger partial charge in [0.15, 0.2) is 0 Å². The van der Waals surface area contributed by atoms with E-state index in [-0.39, 0.29) is 0 Å². The molecule has 2 fully saturated rings. The van der Waals surface area contributed by atoms with Gasteiger partial charge in [-0.15, -0.1) is 0 Å². The van der Waals surface area contributed by atoms with Gasteiger partial charge in [-0.1, -0.05) is 6.42 Å². The van der Waals surface area contributed by atoms with Crippen molar-refractivity contribution in [1.29, 1.82) is 0 Å². The molecule has 0 aromatic rings. The van der Waals surface area contributed by atoms with Gasteiger partial charge in [0.05, 0.1) is 0 Å². The third kappa shape index (κ3) is 2.23. The summed E-state index contributed by atoms with van der Waals surface area (Å²) in [5.74, 6) is 1.91. The molecule has 2 aliphatic rings. The zero-order valence-corrected chi connectivity index (χ0v) is 8.71. The molecule has 0 spiro atoms. The quantitative estimate of drug-likeness (QED) is 0.697. The summed E-state index contributed by atoms with van der Waals surface area (Å²) in [6.45, 7) is 2.15. The van der Waals surface area contributed by atoms with Crippen molar-refractivity contribution in [1.82, 2.24) is 4.90 Å². The van der Waals surface area contributed by atoms with Crippen molar-refractivity contribution in [2.24, 2.45) is 17.6 Å². The summed E-state index contributed by atoms with van der Waals surface area (Å²) in [6, 6.07) is 0.675. The molecule has 2 nitrogen and oxygen atoms in total. The monoisotopic (exact) mass is 182 g/mol. The van der Waals surface area contributed by atoms with Gasteiger partial charge in [0, 0.05) is 19.1 Å². The van der Waals surface area contributed by atoms with E-state index in [9.17, 15) is 0 Å². The Morgan fingerprint density at radius 2 is 2.00 bits per heavy atom. The molecule has 13 heavy (non-hydrogen) atoms. The van der Waals surface area contributed by atoms with Crippen molar-refractivity contribution in [2.45, 2.75) is 38.1 Å². The summed E-state index contributed by atoms with van der Waals surface area (Å²) in [6.07, 6.45) is 7.16. The Labute approximate surface area is 81.5 Å². The largest absolute Gasteiger partial charge is 0.329 e. The Morgan fingerprint density at radius 1 is 1.31 bits per heavy atom. The zero-order chi connectivity index (χ0) is 9.26. The fourth-order valence-corrected chi connectivity index (χ4v) is 2.40. The van der Waals surface area contributed by atoms with Crippen LogP contribution in [0.1, 0.15) is 32.1 Å². The van der Waals surface area contributed by atoms with Crippen molar-refractivity contribution in [2.75, 3.05) is 20.1 Å². The molecule has 2 rings (SSSR count). The molecule has 1 unspecified atom stereocenters. The molecule has 0 radical (unpaired) electrons. The van der Waals surface area contributed by atoms with E-state index in [4.69, 9.17) is 5.73 Å². The van der Waals surface area contributed by atoms with Gasteiger partial charge >= 0.3 is 0 Å². The van der Waals surface area contributed by atoms with Crippen molar-refractivity contribution in [3.05, 3.63) is 0 Å². The first kappa shape index (κ1) is 9.47. The van der Waals surface area contributed by atoms with Gasteiger partial charge in [0.25, 0.3) is 0 Å². The Bertz CT molecular complexity index is 161. The average molecular weight is 182 g/mol. The first-order valence-corrected chi connectivity index (χ1v) is 5.71. The third-order valence-electron chi connectivity index (χ3n) is 3.74. The first-order valence-electron chi connectivity index (χ1n) is 5.71. The smallest absolute Gasteiger partial charge is 0.0243 e. The summed E-state index contributed by atoms with van der Waals surface area (Å²) in [7, 11) is 2.26. The lowest BCUT2D eigenvalue weighted by Gasteiger charge is -2.39. The van der Waals surface area contributed by atoms with E-state index in [0.717, 1.165) is 18.4 Å². The van der Waals surface area contributed by atoms with Gasteiger partial charge in [-0.3, -0.25) is 0 Å². The standard InChI is InChI=1S/C11H22N2/c1-13(8-9-5-6-9)11(7-12)10-3-2-4-10/h9-11H,2-8,12H2,1H3. The normalized spacial score (nSPS) is 26.1. The number of hydrogen-bond acceptors (Lipinski definition) is 2. The van der Waals surface area contributed by atoms with E-state index >= 15 is 0 Å². The molecule has 0 saturated heterocycles. The Balaban J connectivity index is 1.78. The highest BCUT2D eigenvalue weighted by Gasteiger charge is 2.32. The molecule has 2 heteroatoms. The summed E-state index contributed by atoms with van der Waals surface area (Å²) < 4.78 is 0. The lowest BCUT2D eigenvalue weighted by molar-refractivity contribution is 0.120. The second kappa shape index (κ2) is 3.97. The number of likely N-dealkylation sites (N-methyl/N-ethyl adjacent to an activating group) is 1. The van der Waals surface area contributed by atoms with Gasteiger partial charge in [-0.2, -0.15) is 0 Å². The highest BCUT2D eigenvalue weighted by molar-refractivity contribution is 4.87. The number of nitrogens with zero attached hydrogens (tertiary/aromatic N) is 1. The van der Waals surface area contributed by atoms with Crippen molar-refractivity contribution >= 4 is 0 Å². The predicted molar refractivity (Wildman–Crippen MR) is 55.5 cm³/mol. The van der Waals surface area contributed by atoms with Crippen LogP contribution in [0.3, 0.4) is 0 Å². The molecule has 2 N–H and O–H groups in total.